The van der Waals surface area contributed by atoms with Crippen molar-refractivity contribution in [2.24, 2.45) is 0 Å². The minimum absolute atomic E-state index is 0.267. The summed E-state index contributed by atoms with van der Waals surface area (Å²) in [5.41, 5.74) is 1.79. The quantitative estimate of drug-likeness (QED) is 0.700. The van der Waals surface area contributed by atoms with Crippen molar-refractivity contribution in [3.05, 3.63) is 35.7 Å². The van der Waals surface area contributed by atoms with Crippen LogP contribution in [0.15, 0.2) is 24.5 Å². The monoisotopic (exact) mass is 340 g/mol. The van der Waals surface area contributed by atoms with Crippen molar-refractivity contribution in [3.63, 3.8) is 0 Å². The van der Waals surface area contributed by atoms with Gasteiger partial charge in [0.05, 0.1) is 0 Å². The molecule has 0 spiro atoms. The molecule has 0 bridgehead atoms. The lowest BCUT2D eigenvalue weighted by Gasteiger charge is -2.29. The van der Waals surface area contributed by atoms with Gasteiger partial charge in [-0.2, -0.15) is 0 Å². The molecule has 1 aromatic rings. The van der Waals surface area contributed by atoms with Crippen LogP contribution in [0.3, 0.4) is 0 Å². The zero-order valence-corrected chi connectivity index (χ0v) is 14.6. The molecule has 5 nitrogen and oxygen atoms in total. The van der Waals surface area contributed by atoms with Gasteiger partial charge in [-0.3, -0.25) is 0 Å². The summed E-state index contributed by atoms with van der Waals surface area (Å²) in [6.07, 6.45) is 5.89. The maximum atomic E-state index is 12.9. The van der Waals surface area contributed by atoms with E-state index in [1.54, 1.807) is 6.20 Å². The minimum atomic E-state index is -2.86. The van der Waals surface area contributed by atoms with Gasteiger partial charge in [0.15, 0.2) is 6.61 Å². The summed E-state index contributed by atoms with van der Waals surface area (Å²) >= 11 is 0. The van der Waals surface area contributed by atoms with Crippen molar-refractivity contribution in [2.75, 3.05) is 32.8 Å². The molecule has 0 saturated carbocycles. The number of hydrogen-bond donors (Lipinski definition) is 1. The maximum Gasteiger partial charge on any atom is 0.278 e. The Morgan fingerprint density at radius 1 is 1.42 bits per heavy atom. The van der Waals surface area contributed by atoms with E-state index in [-0.39, 0.29) is 5.88 Å². The number of rotatable bonds is 9. The van der Waals surface area contributed by atoms with Crippen molar-refractivity contribution in [1.29, 1.82) is 0 Å². The van der Waals surface area contributed by atoms with Gasteiger partial charge in [0.1, 0.15) is 0 Å². The number of halogens is 2. The molecule has 2 rings (SSSR count). The minimum Gasteiger partial charge on any atom is -0.471 e. The third-order valence-electron chi connectivity index (χ3n) is 3.64. The first-order valence-corrected chi connectivity index (χ1v) is 8.24. The van der Waals surface area contributed by atoms with Crippen LogP contribution in [0.1, 0.15) is 25.0 Å². The number of nitrogens with zero attached hydrogens (tertiary/aromatic N) is 3. The van der Waals surface area contributed by atoms with Crippen LogP contribution in [0.5, 0.6) is 5.88 Å². The smallest absolute Gasteiger partial charge is 0.278 e. The molecule has 134 valence electrons. The third kappa shape index (κ3) is 5.72. The van der Waals surface area contributed by atoms with Gasteiger partial charge in [0.25, 0.3) is 5.92 Å². The van der Waals surface area contributed by atoms with E-state index in [1.165, 1.54) is 0 Å². The SMILES string of the molecule is CCNCCN1C=CCN1Cc1cnc(OCC(C)(F)F)c(C)c1. The van der Waals surface area contributed by atoms with Gasteiger partial charge in [-0.25, -0.2) is 18.8 Å². The first-order chi connectivity index (χ1) is 11.4. The standard InChI is InChI=1S/C17H26F2N4O/c1-4-20-6-9-22-7-5-8-23(22)12-15-10-14(2)16(21-11-15)24-13-17(3,18)19/h5,7,10-11,20H,4,6,8-9,12-13H2,1-3H3. The highest BCUT2D eigenvalue weighted by molar-refractivity contribution is 5.28. The molecule has 0 amide bonds. The fourth-order valence-electron chi connectivity index (χ4n) is 2.50. The Morgan fingerprint density at radius 3 is 2.88 bits per heavy atom. The summed E-state index contributed by atoms with van der Waals surface area (Å²) < 4.78 is 30.9. The molecule has 0 unspecified atom stereocenters. The molecular weight excluding hydrogens is 314 g/mol. The lowest BCUT2D eigenvalue weighted by atomic mass is 10.2. The number of likely N-dealkylation sites (N-methyl/N-ethyl adjacent to an activating group) is 1. The van der Waals surface area contributed by atoms with E-state index in [9.17, 15) is 8.78 Å². The predicted octanol–water partition coefficient (Wildman–Crippen LogP) is 2.58. The van der Waals surface area contributed by atoms with E-state index < -0.39 is 12.5 Å². The van der Waals surface area contributed by atoms with Crippen LogP contribution < -0.4 is 10.1 Å². The summed E-state index contributed by atoms with van der Waals surface area (Å²) in [4.78, 5) is 4.19. The lowest BCUT2D eigenvalue weighted by Crippen LogP contribution is -2.38. The van der Waals surface area contributed by atoms with E-state index in [1.807, 2.05) is 13.0 Å². The second kappa shape index (κ2) is 8.39. The second-order valence-corrected chi connectivity index (χ2v) is 6.07. The van der Waals surface area contributed by atoms with Crippen LogP contribution in [0.4, 0.5) is 8.78 Å². The first kappa shape index (κ1) is 18.6. The number of pyridine rings is 1. The summed E-state index contributed by atoms with van der Waals surface area (Å²) in [6.45, 7) is 8.44. The van der Waals surface area contributed by atoms with Crippen molar-refractivity contribution in [1.82, 2.24) is 20.3 Å². The van der Waals surface area contributed by atoms with Crippen LogP contribution in [-0.2, 0) is 6.54 Å². The largest absolute Gasteiger partial charge is 0.471 e. The summed E-state index contributed by atoms with van der Waals surface area (Å²) in [7, 11) is 0. The van der Waals surface area contributed by atoms with E-state index in [2.05, 4.69) is 39.5 Å². The zero-order valence-electron chi connectivity index (χ0n) is 14.6. The Balaban J connectivity index is 1.92. The Hall–Kier alpha value is -1.73. The fourth-order valence-corrected chi connectivity index (χ4v) is 2.50. The normalized spacial score (nSPS) is 15.3. The highest BCUT2D eigenvalue weighted by Gasteiger charge is 2.23. The van der Waals surface area contributed by atoms with Crippen molar-refractivity contribution in [3.8, 4) is 5.88 Å². The van der Waals surface area contributed by atoms with Gasteiger partial charge >= 0.3 is 0 Å². The molecule has 1 aliphatic rings. The Morgan fingerprint density at radius 2 is 2.21 bits per heavy atom. The van der Waals surface area contributed by atoms with Crippen molar-refractivity contribution in [2.45, 2.75) is 33.2 Å². The van der Waals surface area contributed by atoms with Crippen LogP contribution >= 0.6 is 0 Å². The van der Waals surface area contributed by atoms with Gasteiger partial charge in [0, 0.05) is 51.1 Å². The maximum absolute atomic E-state index is 12.9. The van der Waals surface area contributed by atoms with Gasteiger partial charge in [0.2, 0.25) is 5.88 Å². The highest BCUT2D eigenvalue weighted by atomic mass is 19.3. The molecule has 0 radical (unpaired) electrons. The molecule has 7 heteroatoms. The van der Waals surface area contributed by atoms with E-state index in [0.717, 1.165) is 50.8 Å². The summed E-state index contributed by atoms with van der Waals surface area (Å²) in [6, 6.07) is 1.94. The molecule has 0 saturated heterocycles. The van der Waals surface area contributed by atoms with Gasteiger partial charge in [-0.15, -0.1) is 0 Å². The van der Waals surface area contributed by atoms with E-state index >= 15 is 0 Å². The average Bonchev–Trinajstić information content (AvgIpc) is 2.93. The Kier molecular flexibility index (Phi) is 6.51. The molecule has 0 fully saturated rings. The van der Waals surface area contributed by atoms with E-state index in [4.69, 9.17) is 4.74 Å². The molecule has 1 N–H and O–H groups in total. The molecule has 0 aliphatic carbocycles. The first-order valence-electron chi connectivity index (χ1n) is 8.24. The van der Waals surface area contributed by atoms with Crippen LogP contribution in [0, 0.1) is 6.92 Å². The summed E-state index contributed by atoms with van der Waals surface area (Å²) in [5, 5.41) is 7.71. The number of alkyl halides is 2. The molecule has 1 aliphatic heterocycles. The highest BCUT2D eigenvalue weighted by Crippen LogP contribution is 2.20. The van der Waals surface area contributed by atoms with Crippen molar-refractivity contribution < 1.29 is 13.5 Å². The van der Waals surface area contributed by atoms with Crippen LogP contribution in [0.2, 0.25) is 0 Å². The zero-order chi connectivity index (χ0) is 17.6. The van der Waals surface area contributed by atoms with Gasteiger partial charge in [-0.1, -0.05) is 13.0 Å². The molecule has 0 aromatic carbocycles. The number of nitrogens with one attached hydrogen (secondary N) is 1. The number of hydrogen-bond acceptors (Lipinski definition) is 5. The van der Waals surface area contributed by atoms with Crippen LogP contribution in [0.25, 0.3) is 0 Å². The lowest BCUT2D eigenvalue weighted by molar-refractivity contribution is -0.0244. The molecule has 0 atom stereocenters. The average molecular weight is 340 g/mol. The number of aryl methyl sites for hydroxylation is 1. The summed E-state index contributed by atoms with van der Waals surface area (Å²) in [5.74, 6) is -2.59. The van der Waals surface area contributed by atoms with Crippen molar-refractivity contribution >= 4 is 0 Å². The fraction of sp³-hybridized carbons (Fsp3) is 0.588. The predicted molar refractivity (Wildman–Crippen MR) is 89.9 cm³/mol. The van der Waals surface area contributed by atoms with Gasteiger partial charge < -0.3 is 15.1 Å². The molecular formula is C17H26F2N4O. The Labute approximate surface area is 142 Å². The number of aromatic nitrogens is 1. The topological polar surface area (TPSA) is 40.6 Å². The second-order valence-electron chi connectivity index (χ2n) is 6.07. The number of ether oxygens (including phenoxy) is 1. The number of hydrazine groups is 1. The Bertz CT molecular complexity index is 560. The van der Waals surface area contributed by atoms with Gasteiger partial charge in [-0.05, 0) is 25.1 Å². The molecule has 2 heterocycles. The third-order valence-corrected chi connectivity index (χ3v) is 3.64. The molecule has 24 heavy (non-hydrogen) atoms. The van der Waals surface area contributed by atoms with Crippen LogP contribution in [-0.4, -0.2) is 53.7 Å². The van der Waals surface area contributed by atoms with E-state index in [0.29, 0.717) is 0 Å². The molecule has 1 aromatic heterocycles.